The van der Waals surface area contributed by atoms with Gasteiger partial charge in [-0.25, -0.2) is 15.8 Å². The Kier molecular flexibility index (Phi) is 5.45. The van der Waals surface area contributed by atoms with Crippen molar-refractivity contribution in [1.82, 2.24) is 9.97 Å². The van der Waals surface area contributed by atoms with Crippen LogP contribution >= 0.6 is 11.8 Å². The first-order chi connectivity index (χ1) is 9.24. The van der Waals surface area contributed by atoms with Gasteiger partial charge in [0, 0.05) is 10.8 Å². The van der Waals surface area contributed by atoms with Gasteiger partial charge in [0.15, 0.2) is 0 Å². The Morgan fingerprint density at radius 2 is 2.26 bits per heavy atom. The second-order valence-electron chi connectivity index (χ2n) is 5.41. The molecule has 2 atom stereocenters. The van der Waals surface area contributed by atoms with Gasteiger partial charge >= 0.3 is 0 Å². The van der Waals surface area contributed by atoms with Crippen LogP contribution in [0.1, 0.15) is 51.5 Å². The molecule has 2 rings (SSSR count). The summed E-state index contributed by atoms with van der Waals surface area (Å²) < 4.78 is 0. The summed E-state index contributed by atoms with van der Waals surface area (Å²) in [6, 6.07) is 0. The Morgan fingerprint density at radius 1 is 1.42 bits per heavy atom. The Bertz CT molecular complexity index is 410. The zero-order chi connectivity index (χ0) is 13.7. The molecule has 1 aromatic rings. The molecule has 0 saturated heterocycles. The molecule has 0 amide bonds. The lowest BCUT2D eigenvalue weighted by atomic mass is 9.91. The molecular formula is C14H24N4S. The number of hydrogen-bond donors (Lipinski definition) is 2. The van der Waals surface area contributed by atoms with Gasteiger partial charge in [-0.1, -0.05) is 33.1 Å². The molecule has 0 spiro atoms. The molecule has 1 saturated carbocycles. The quantitative estimate of drug-likeness (QED) is 0.492. The van der Waals surface area contributed by atoms with Crippen LogP contribution in [0.4, 0.5) is 5.82 Å². The number of nitrogens with two attached hydrogens (primary N) is 1. The molecular weight excluding hydrogens is 256 g/mol. The predicted octanol–water partition coefficient (Wildman–Crippen LogP) is 3.39. The second-order valence-corrected chi connectivity index (χ2v) is 6.70. The topological polar surface area (TPSA) is 63.8 Å². The molecule has 1 fully saturated rings. The van der Waals surface area contributed by atoms with Gasteiger partial charge in [-0.2, -0.15) is 0 Å². The molecule has 0 radical (unpaired) electrons. The Balaban J connectivity index is 2.14. The SMILES string of the molecule is CCCc1c(NN)ncnc1SC1CCCC(C)C1. The molecule has 1 aliphatic rings. The van der Waals surface area contributed by atoms with Crippen molar-refractivity contribution in [2.75, 3.05) is 5.43 Å². The Morgan fingerprint density at radius 3 is 2.95 bits per heavy atom. The van der Waals surface area contributed by atoms with Gasteiger partial charge in [0.05, 0.1) is 0 Å². The van der Waals surface area contributed by atoms with E-state index in [0.29, 0.717) is 5.25 Å². The van der Waals surface area contributed by atoms with Gasteiger partial charge < -0.3 is 5.43 Å². The molecule has 3 N–H and O–H groups in total. The highest BCUT2D eigenvalue weighted by Crippen LogP contribution is 2.37. The largest absolute Gasteiger partial charge is 0.308 e. The Labute approximate surface area is 119 Å². The van der Waals surface area contributed by atoms with Crippen molar-refractivity contribution < 1.29 is 0 Å². The number of hydrazine groups is 1. The first-order valence-electron chi connectivity index (χ1n) is 7.21. The van der Waals surface area contributed by atoms with Crippen molar-refractivity contribution in [2.24, 2.45) is 11.8 Å². The van der Waals surface area contributed by atoms with E-state index in [0.717, 1.165) is 29.6 Å². The zero-order valence-electron chi connectivity index (χ0n) is 11.9. The minimum absolute atomic E-state index is 0.694. The summed E-state index contributed by atoms with van der Waals surface area (Å²) in [6.45, 7) is 4.52. The molecule has 5 heteroatoms. The van der Waals surface area contributed by atoms with Crippen molar-refractivity contribution in [3.8, 4) is 0 Å². The number of nitrogens with one attached hydrogen (secondary N) is 1. The summed E-state index contributed by atoms with van der Waals surface area (Å²) in [5.41, 5.74) is 3.88. The minimum atomic E-state index is 0.694. The highest BCUT2D eigenvalue weighted by molar-refractivity contribution is 7.99. The van der Waals surface area contributed by atoms with E-state index in [-0.39, 0.29) is 0 Å². The summed E-state index contributed by atoms with van der Waals surface area (Å²) in [6.07, 6.45) is 8.99. The summed E-state index contributed by atoms with van der Waals surface area (Å²) in [4.78, 5) is 8.71. The lowest BCUT2D eigenvalue weighted by molar-refractivity contribution is 0.394. The van der Waals surface area contributed by atoms with Crippen LogP contribution in [0.25, 0.3) is 0 Å². The lowest BCUT2D eigenvalue weighted by Crippen LogP contribution is -2.17. The highest BCUT2D eigenvalue weighted by atomic mass is 32.2. The summed E-state index contributed by atoms with van der Waals surface area (Å²) in [7, 11) is 0. The van der Waals surface area contributed by atoms with E-state index in [1.165, 1.54) is 31.2 Å². The number of anilines is 1. The third-order valence-electron chi connectivity index (χ3n) is 3.71. The molecule has 0 bridgehead atoms. The Hall–Kier alpha value is -0.810. The third-order valence-corrected chi connectivity index (χ3v) is 5.05. The van der Waals surface area contributed by atoms with Crippen LogP contribution in [0.2, 0.25) is 0 Å². The number of nitrogens with zero attached hydrogens (tertiary/aromatic N) is 2. The second kappa shape index (κ2) is 7.10. The van der Waals surface area contributed by atoms with Crippen LogP contribution in [0, 0.1) is 5.92 Å². The smallest absolute Gasteiger partial charge is 0.147 e. The fraction of sp³-hybridized carbons (Fsp3) is 0.714. The first-order valence-corrected chi connectivity index (χ1v) is 8.09. The van der Waals surface area contributed by atoms with Crippen LogP contribution in [-0.4, -0.2) is 15.2 Å². The van der Waals surface area contributed by atoms with E-state index in [9.17, 15) is 0 Å². The van der Waals surface area contributed by atoms with Gasteiger partial charge in [0.25, 0.3) is 0 Å². The van der Waals surface area contributed by atoms with Gasteiger partial charge in [0.1, 0.15) is 17.2 Å². The number of nitrogen functional groups attached to an aromatic ring is 1. The maximum Gasteiger partial charge on any atom is 0.147 e. The van der Waals surface area contributed by atoms with Gasteiger partial charge in [-0.3, -0.25) is 0 Å². The van der Waals surface area contributed by atoms with Crippen LogP contribution in [0.3, 0.4) is 0 Å². The predicted molar refractivity (Wildman–Crippen MR) is 81.1 cm³/mol. The van der Waals surface area contributed by atoms with Crippen molar-refractivity contribution in [1.29, 1.82) is 0 Å². The van der Waals surface area contributed by atoms with Crippen LogP contribution in [0.15, 0.2) is 11.4 Å². The molecule has 1 aromatic heterocycles. The average Bonchev–Trinajstić information content (AvgIpc) is 2.41. The number of aromatic nitrogens is 2. The molecule has 0 aromatic carbocycles. The molecule has 1 aliphatic carbocycles. The standard InChI is InChI=1S/C14H24N4S/c1-3-5-12-13(18-15)16-9-17-14(12)19-11-7-4-6-10(2)8-11/h9-11H,3-8,15H2,1-2H3,(H,16,17,18). The van der Waals surface area contributed by atoms with E-state index in [2.05, 4.69) is 29.2 Å². The summed E-state index contributed by atoms with van der Waals surface area (Å²) in [5, 5.41) is 1.81. The van der Waals surface area contributed by atoms with Crippen LogP contribution in [0.5, 0.6) is 0 Å². The first kappa shape index (κ1) is 14.6. The fourth-order valence-corrected chi connectivity index (χ4v) is 4.21. The lowest BCUT2D eigenvalue weighted by Gasteiger charge is -2.26. The van der Waals surface area contributed by atoms with E-state index in [4.69, 9.17) is 5.84 Å². The van der Waals surface area contributed by atoms with E-state index in [1.807, 2.05) is 11.8 Å². The van der Waals surface area contributed by atoms with Gasteiger partial charge in [-0.15, -0.1) is 11.8 Å². The molecule has 4 nitrogen and oxygen atoms in total. The zero-order valence-corrected chi connectivity index (χ0v) is 12.7. The number of hydrogen-bond acceptors (Lipinski definition) is 5. The monoisotopic (exact) mass is 280 g/mol. The molecule has 19 heavy (non-hydrogen) atoms. The maximum atomic E-state index is 5.56. The number of rotatable bonds is 5. The van der Waals surface area contributed by atoms with Gasteiger partial charge in [-0.05, 0) is 25.2 Å². The van der Waals surface area contributed by atoms with Crippen LogP contribution in [-0.2, 0) is 6.42 Å². The summed E-state index contributed by atoms with van der Waals surface area (Å²) in [5.74, 6) is 7.18. The minimum Gasteiger partial charge on any atom is -0.308 e. The molecule has 106 valence electrons. The van der Waals surface area contributed by atoms with Crippen molar-refractivity contribution in [3.63, 3.8) is 0 Å². The van der Waals surface area contributed by atoms with Gasteiger partial charge in [0.2, 0.25) is 0 Å². The molecule has 1 heterocycles. The van der Waals surface area contributed by atoms with E-state index >= 15 is 0 Å². The van der Waals surface area contributed by atoms with Crippen molar-refractivity contribution >= 4 is 17.6 Å². The molecule has 2 unspecified atom stereocenters. The average molecular weight is 280 g/mol. The van der Waals surface area contributed by atoms with Crippen LogP contribution < -0.4 is 11.3 Å². The third kappa shape index (κ3) is 3.83. The number of thioether (sulfide) groups is 1. The maximum absolute atomic E-state index is 5.56. The van der Waals surface area contributed by atoms with E-state index < -0.39 is 0 Å². The van der Waals surface area contributed by atoms with E-state index in [1.54, 1.807) is 6.33 Å². The summed E-state index contributed by atoms with van der Waals surface area (Å²) >= 11 is 1.92. The molecule has 0 aliphatic heterocycles. The normalized spacial score (nSPS) is 23.3. The van der Waals surface area contributed by atoms with Crippen molar-refractivity contribution in [3.05, 3.63) is 11.9 Å². The van der Waals surface area contributed by atoms with Crippen molar-refractivity contribution in [2.45, 2.75) is 62.6 Å². The highest BCUT2D eigenvalue weighted by Gasteiger charge is 2.22. The fourth-order valence-electron chi connectivity index (χ4n) is 2.74.